The predicted molar refractivity (Wildman–Crippen MR) is 128 cm³/mol. The van der Waals surface area contributed by atoms with E-state index >= 15 is 0 Å². The highest BCUT2D eigenvalue weighted by molar-refractivity contribution is 7.99. The number of aromatic nitrogens is 3. The van der Waals surface area contributed by atoms with E-state index in [9.17, 15) is 9.59 Å². The number of thioether (sulfide) groups is 1. The van der Waals surface area contributed by atoms with Gasteiger partial charge in [-0.2, -0.15) is 0 Å². The molecule has 0 aliphatic rings. The summed E-state index contributed by atoms with van der Waals surface area (Å²) in [7, 11) is 1.77. The van der Waals surface area contributed by atoms with Crippen LogP contribution in [0.4, 0.5) is 11.4 Å². The average Bonchev–Trinajstić information content (AvgIpc) is 3.14. The molecule has 0 fully saturated rings. The van der Waals surface area contributed by atoms with Crippen LogP contribution in [0, 0.1) is 0 Å². The van der Waals surface area contributed by atoms with Gasteiger partial charge in [-0.3, -0.25) is 9.59 Å². The zero-order valence-electron chi connectivity index (χ0n) is 18.8. The minimum atomic E-state index is -0.209. The predicted octanol–water partition coefficient (Wildman–Crippen LogP) is 3.52. The van der Waals surface area contributed by atoms with E-state index < -0.39 is 0 Å². The highest BCUT2D eigenvalue weighted by Crippen LogP contribution is 2.19. The van der Waals surface area contributed by atoms with Crippen molar-refractivity contribution in [3.63, 3.8) is 0 Å². The van der Waals surface area contributed by atoms with Gasteiger partial charge in [0.05, 0.1) is 25.4 Å². The summed E-state index contributed by atoms with van der Waals surface area (Å²) in [5, 5.41) is 14.4. The number of rotatable bonds is 11. The zero-order valence-corrected chi connectivity index (χ0v) is 19.6. The number of ether oxygens (including phenoxy) is 2. The van der Waals surface area contributed by atoms with Crippen LogP contribution in [0.1, 0.15) is 19.7 Å². The number of hydrogen-bond acceptors (Lipinski definition) is 7. The second-order valence-electron chi connectivity index (χ2n) is 6.93. The Balaban J connectivity index is 1.48. The maximum atomic E-state index is 12.4. The number of amides is 2. The smallest absolute Gasteiger partial charge is 0.234 e. The molecule has 2 amide bonds. The van der Waals surface area contributed by atoms with Crippen LogP contribution >= 0.6 is 11.8 Å². The topological polar surface area (TPSA) is 107 Å². The normalized spacial score (nSPS) is 10.5. The second kappa shape index (κ2) is 11.9. The fraction of sp³-hybridized carbons (Fsp3) is 0.304. The van der Waals surface area contributed by atoms with Crippen molar-refractivity contribution in [2.24, 2.45) is 7.05 Å². The maximum absolute atomic E-state index is 12.4. The molecular weight excluding hydrogens is 442 g/mol. The molecule has 33 heavy (non-hydrogen) atoms. The second-order valence-corrected chi connectivity index (χ2v) is 7.88. The fourth-order valence-electron chi connectivity index (χ4n) is 2.90. The lowest BCUT2D eigenvalue weighted by molar-refractivity contribution is -0.116. The summed E-state index contributed by atoms with van der Waals surface area (Å²) in [4.78, 5) is 24.7. The summed E-state index contributed by atoms with van der Waals surface area (Å²) in [5.41, 5.74) is 1.36. The molecule has 2 aromatic carbocycles. The summed E-state index contributed by atoms with van der Waals surface area (Å²) in [6.45, 7) is 5.00. The average molecular weight is 470 g/mol. The van der Waals surface area contributed by atoms with E-state index in [0.717, 1.165) is 11.5 Å². The number of carbonyl (C=O) groups is 2. The lowest BCUT2D eigenvalue weighted by Gasteiger charge is -2.08. The summed E-state index contributed by atoms with van der Waals surface area (Å²) < 4.78 is 12.5. The van der Waals surface area contributed by atoms with Gasteiger partial charge in [0.15, 0.2) is 5.16 Å². The van der Waals surface area contributed by atoms with E-state index in [1.54, 1.807) is 60.1 Å². The SMILES string of the molecule is CCOc1ccc(NC(=O)CSc2nnc(CC(=O)Nc3ccc(OCC)cc3)n2C)cc1. The first-order valence-electron chi connectivity index (χ1n) is 10.5. The number of benzene rings is 2. The molecule has 10 heteroatoms. The van der Waals surface area contributed by atoms with Crippen molar-refractivity contribution in [1.29, 1.82) is 0 Å². The minimum Gasteiger partial charge on any atom is -0.494 e. The first kappa shape index (κ1) is 24.1. The third kappa shape index (κ3) is 7.25. The quantitative estimate of drug-likeness (QED) is 0.414. The van der Waals surface area contributed by atoms with Crippen LogP contribution in [0.5, 0.6) is 11.5 Å². The van der Waals surface area contributed by atoms with Gasteiger partial charge in [-0.05, 0) is 62.4 Å². The molecule has 0 bridgehead atoms. The zero-order chi connectivity index (χ0) is 23.6. The first-order valence-corrected chi connectivity index (χ1v) is 11.5. The Morgan fingerprint density at radius 2 is 1.36 bits per heavy atom. The van der Waals surface area contributed by atoms with E-state index in [4.69, 9.17) is 9.47 Å². The van der Waals surface area contributed by atoms with Gasteiger partial charge in [0.25, 0.3) is 0 Å². The number of carbonyl (C=O) groups excluding carboxylic acids is 2. The van der Waals surface area contributed by atoms with E-state index in [1.807, 2.05) is 13.8 Å². The molecule has 0 saturated heterocycles. The Morgan fingerprint density at radius 1 is 0.848 bits per heavy atom. The molecule has 9 nitrogen and oxygen atoms in total. The number of nitrogens with one attached hydrogen (secondary N) is 2. The van der Waals surface area contributed by atoms with Crippen molar-refractivity contribution in [2.45, 2.75) is 25.4 Å². The van der Waals surface area contributed by atoms with Gasteiger partial charge in [0, 0.05) is 18.4 Å². The van der Waals surface area contributed by atoms with Crippen molar-refractivity contribution in [1.82, 2.24) is 14.8 Å². The van der Waals surface area contributed by atoms with Crippen LogP contribution in [0.15, 0.2) is 53.7 Å². The van der Waals surface area contributed by atoms with E-state index in [-0.39, 0.29) is 24.0 Å². The van der Waals surface area contributed by atoms with Crippen LogP contribution in [0.25, 0.3) is 0 Å². The minimum absolute atomic E-state index is 0.0651. The van der Waals surface area contributed by atoms with E-state index in [2.05, 4.69) is 20.8 Å². The molecule has 3 aromatic rings. The molecule has 0 unspecified atom stereocenters. The third-order valence-electron chi connectivity index (χ3n) is 4.47. The van der Waals surface area contributed by atoms with Crippen LogP contribution in [0.2, 0.25) is 0 Å². The van der Waals surface area contributed by atoms with E-state index in [0.29, 0.717) is 35.6 Å². The lowest BCUT2D eigenvalue weighted by Crippen LogP contribution is -2.17. The first-order chi connectivity index (χ1) is 16.0. The Kier molecular flexibility index (Phi) is 8.71. The van der Waals surface area contributed by atoms with Gasteiger partial charge in [-0.15, -0.1) is 10.2 Å². The van der Waals surface area contributed by atoms with Crippen molar-refractivity contribution in [2.75, 3.05) is 29.6 Å². The van der Waals surface area contributed by atoms with Crippen LogP contribution < -0.4 is 20.1 Å². The maximum Gasteiger partial charge on any atom is 0.234 e. The molecule has 3 rings (SSSR count). The molecule has 0 radical (unpaired) electrons. The summed E-state index contributed by atoms with van der Waals surface area (Å²) in [5.74, 6) is 1.80. The molecule has 0 aliphatic heterocycles. The molecule has 174 valence electrons. The summed E-state index contributed by atoms with van der Waals surface area (Å²) in [6.07, 6.45) is 0.0651. The Hall–Kier alpha value is -3.53. The fourth-order valence-corrected chi connectivity index (χ4v) is 3.63. The molecule has 1 heterocycles. The molecule has 2 N–H and O–H groups in total. The number of hydrogen-bond donors (Lipinski definition) is 2. The molecule has 1 aromatic heterocycles. The van der Waals surface area contributed by atoms with Gasteiger partial charge in [-0.25, -0.2) is 0 Å². The van der Waals surface area contributed by atoms with Crippen LogP contribution in [-0.4, -0.2) is 45.5 Å². The molecule has 0 atom stereocenters. The summed E-state index contributed by atoms with van der Waals surface area (Å²) in [6, 6.07) is 14.4. The monoisotopic (exact) mass is 469 g/mol. The van der Waals surface area contributed by atoms with Crippen molar-refractivity contribution < 1.29 is 19.1 Å². The third-order valence-corrected chi connectivity index (χ3v) is 5.49. The van der Waals surface area contributed by atoms with Gasteiger partial charge >= 0.3 is 0 Å². The molecule has 0 saturated carbocycles. The largest absolute Gasteiger partial charge is 0.494 e. The van der Waals surface area contributed by atoms with Crippen LogP contribution in [-0.2, 0) is 23.1 Å². The van der Waals surface area contributed by atoms with Gasteiger partial charge < -0.3 is 24.7 Å². The van der Waals surface area contributed by atoms with Crippen LogP contribution in [0.3, 0.4) is 0 Å². The highest BCUT2D eigenvalue weighted by Gasteiger charge is 2.15. The lowest BCUT2D eigenvalue weighted by atomic mass is 10.3. The highest BCUT2D eigenvalue weighted by atomic mass is 32.2. The number of anilines is 2. The molecule has 0 aliphatic carbocycles. The Labute approximate surface area is 196 Å². The Morgan fingerprint density at radius 3 is 1.88 bits per heavy atom. The molecule has 0 spiro atoms. The standard InChI is InChI=1S/C23H27N5O4S/c1-4-31-18-10-6-16(7-11-18)24-21(29)14-20-26-27-23(28(20)3)33-15-22(30)25-17-8-12-19(13-9-17)32-5-2/h6-13H,4-5,14-15H2,1-3H3,(H,24,29)(H,25,30). The van der Waals surface area contributed by atoms with Crippen molar-refractivity contribution in [3.8, 4) is 11.5 Å². The van der Waals surface area contributed by atoms with Gasteiger partial charge in [0.1, 0.15) is 17.3 Å². The van der Waals surface area contributed by atoms with Gasteiger partial charge in [-0.1, -0.05) is 11.8 Å². The van der Waals surface area contributed by atoms with Gasteiger partial charge in [0.2, 0.25) is 11.8 Å². The Bertz CT molecular complexity index is 1070. The summed E-state index contributed by atoms with van der Waals surface area (Å²) >= 11 is 1.25. The number of nitrogens with zero attached hydrogens (tertiary/aromatic N) is 3. The molecular formula is C23H27N5O4S. The van der Waals surface area contributed by atoms with Crippen molar-refractivity contribution in [3.05, 3.63) is 54.4 Å². The van der Waals surface area contributed by atoms with Crippen molar-refractivity contribution >= 4 is 35.0 Å². The van der Waals surface area contributed by atoms with E-state index in [1.165, 1.54) is 11.8 Å².